The fraction of sp³-hybridized carbons (Fsp3) is 0.929. The smallest absolute Gasteiger partial charge is 0.308 e. The second-order valence-corrected chi connectivity index (χ2v) is 4.75. The minimum absolute atomic E-state index is 0.198. The van der Waals surface area contributed by atoms with Gasteiger partial charge in [-0.05, 0) is 25.9 Å². The molecule has 0 amide bonds. The van der Waals surface area contributed by atoms with Crippen LogP contribution in [-0.4, -0.2) is 65.3 Å². The van der Waals surface area contributed by atoms with E-state index in [-0.39, 0.29) is 5.97 Å². The molecule has 1 N–H and O–H groups in total. The maximum Gasteiger partial charge on any atom is 0.308 e. The minimum Gasteiger partial charge on any atom is -0.466 e. The van der Waals surface area contributed by atoms with Crippen LogP contribution >= 0.6 is 0 Å². The van der Waals surface area contributed by atoms with Gasteiger partial charge in [0.1, 0.15) is 0 Å². The molecule has 1 saturated heterocycles. The Morgan fingerprint density at radius 1 is 1.10 bits per heavy atom. The Morgan fingerprint density at radius 2 is 1.90 bits per heavy atom. The van der Waals surface area contributed by atoms with Crippen LogP contribution in [0.1, 0.15) is 25.7 Å². The van der Waals surface area contributed by atoms with Crippen LogP contribution in [0.3, 0.4) is 0 Å². The molecule has 0 aromatic carbocycles. The highest BCUT2D eigenvalue weighted by Crippen LogP contribution is 2.07. The first-order chi connectivity index (χ1) is 9.83. The van der Waals surface area contributed by atoms with Gasteiger partial charge in [-0.3, -0.25) is 4.79 Å². The Balaban J connectivity index is 1.85. The summed E-state index contributed by atoms with van der Waals surface area (Å²) in [5, 5.41) is 3.28. The van der Waals surface area contributed by atoms with Crippen molar-refractivity contribution in [1.82, 2.24) is 5.32 Å². The highest BCUT2D eigenvalue weighted by atomic mass is 16.5. The van der Waals surface area contributed by atoms with E-state index in [2.05, 4.69) is 5.32 Å². The van der Waals surface area contributed by atoms with Crippen LogP contribution in [0.15, 0.2) is 0 Å². The van der Waals surface area contributed by atoms with Crippen molar-refractivity contribution < 1.29 is 23.7 Å². The van der Waals surface area contributed by atoms with Crippen molar-refractivity contribution >= 4 is 5.97 Å². The first-order valence-corrected chi connectivity index (χ1v) is 7.37. The Morgan fingerprint density at radius 3 is 2.65 bits per heavy atom. The van der Waals surface area contributed by atoms with Gasteiger partial charge in [-0.2, -0.15) is 0 Å². The Hall–Kier alpha value is -0.690. The van der Waals surface area contributed by atoms with E-state index in [1.54, 1.807) is 7.11 Å². The number of nitrogens with one attached hydrogen (secondary N) is 1. The summed E-state index contributed by atoms with van der Waals surface area (Å²) in [7, 11) is 1.64. The van der Waals surface area contributed by atoms with Crippen LogP contribution < -0.4 is 5.32 Å². The summed E-state index contributed by atoms with van der Waals surface area (Å²) in [6.07, 6.45) is 3.37. The van der Waals surface area contributed by atoms with Crippen LogP contribution in [0, 0.1) is 0 Å². The molecule has 6 nitrogen and oxygen atoms in total. The first-order valence-electron chi connectivity index (χ1n) is 7.37. The van der Waals surface area contributed by atoms with Crippen molar-refractivity contribution in [2.75, 3.05) is 53.2 Å². The van der Waals surface area contributed by atoms with E-state index in [1.165, 1.54) is 0 Å². The van der Waals surface area contributed by atoms with Crippen molar-refractivity contribution in [3.05, 3.63) is 0 Å². The molecule has 0 saturated carbocycles. The lowest BCUT2D eigenvalue weighted by molar-refractivity contribution is -0.145. The Labute approximate surface area is 121 Å². The molecule has 0 aliphatic carbocycles. The number of carbonyl (C=O) groups excluding carboxylic acids is 1. The number of methoxy groups -OCH3 is 1. The third-order valence-electron chi connectivity index (χ3n) is 3.07. The predicted molar refractivity (Wildman–Crippen MR) is 74.7 cm³/mol. The second kappa shape index (κ2) is 12.1. The molecule has 1 aliphatic rings. The second-order valence-electron chi connectivity index (χ2n) is 4.75. The molecule has 118 valence electrons. The molecule has 0 aromatic rings. The summed E-state index contributed by atoms with van der Waals surface area (Å²) >= 11 is 0. The van der Waals surface area contributed by atoms with Crippen molar-refractivity contribution in [1.29, 1.82) is 0 Å². The number of rotatable bonds is 11. The lowest BCUT2D eigenvalue weighted by Crippen LogP contribution is -2.32. The number of ether oxygens (including phenoxy) is 4. The van der Waals surface area contributed by atoms with Gasteiger partial charge in [-0.15, -0.1) is 0 Å². The van der Waals surface area contributed by atoms with Crippen molar-refractivity contribution in [3.8, 4) is 0 Å². The predicted octanol–water partition coefficient (Wildman–Crippen LogP) is 0.741. The molecule has 1 heterocycles. The van der Waals surface area contributed by atoms with E-state index in [0.29, 0.717) is 52.0 Å². The summed E-state index contributed by atoms with van der Waals surface area (Å²) in [5.74, 6) is -0.198. The van der Waals surface area contributed by atoms with E-state index in [9.17, 15) is 4.79 Å². The van der Waals surface area contributed by atoms with Gasteiger partial charge in [-0.25, -0.2) is 0 Å². The van der Waals surface area contributed by atoms with E-state index in [1.807, 2.05) is 0 Å². The van der Waals surface area contributed by atoms with Gasteiger partial charge in [0.05, 0.1) is 39.0 Å². The molecule has 1 rings (SSSR count). The van der Waals surface area contributed by atoms with Crippen LogP contribution in [0.4, 0.5) is 0 Å². The zero-order chi connectivity index (χ0) is 14.5. The molecule has 20 heavy (non-hydrogen) atoms. The average molecular weight is 289 g/mol. The topological polar surface area (TPSA) is 66.0 Å². The van der Waals surface area contributed by atoms with Gasteiger partial charge in [0.25, 0.3) is 0 Å². The summed E-state index contributed by atoms with van der Waals surface area (Å²) in [6, 6.07) is 0. The molecule has 0 unspecified atom stereocenters. The lowest BCUT2D eigenvalue weighted by atomic mass is 10.1. The molecule has 0 aromatic heterocycles. The van der Waals surface area contributed by atoms with Crippen molar-refractivity contribution in [2.24, 2.45) is 0 Å². The fourth-order valence-corrected chi connectivity index (χ4v) is 1.93. The van der Waals surface area contributed by atoms with Crippen LogP contribution in [0.5, 0.6) is 0 Å². The zero-order valence-electron chi connectivity index (χ0n) is 12.4. The average Bonchev–Trinajstić information content (AvgIpc) is 2.47. The summed E-state index contributed by atoms with van der Waals surface area (Å²) in [5.41, 5.74) is 0. The summed E-state index contributed by atoms with van der Waals surface area (Å²) in [4.78, 5) is 11.4. The SMILES string of the molecule is COCCOCCCOC(=O)CCOC1CCNCC1. The number of esters is 1. The van der Waals surface area contributed by atoms with Crippen LogP contribution in [0.25, 0.3) is 0 Å². The minimum atomic E-state index is -0.198. The molecule has 1 aliphatic heterocycles. The molecule has 0 atom stereocenters. The number of hydrogen-bond donors (Lipinski definition) is 1. The number of carbonyl (C=O) groups is 1. The highest BCUT2D eigenvalue weighted by molar-refractivity contribution is 5.69. The van der Waals surface area contributed by atoms with E-state index >= 15 is 0 Å². The van der Waals surface area contributed by atoms with Crippen LogP contribution in [0.2, 0.25) is 0 Å². The zero-order valence-corrected chi connectivity index (χ0v) is 12.4. The molecule has 0 spiro atoms. The third kappa shape index (κ3) is 9.25. The highest BCUT2D eigenvalue weighted by Gasteiger charge is 2.13. The van der Waals surface area contributed by atoms with E-state index in [0.717, 1.165) is 25.9 Å². The molecular formula is C14H27NO5. The molecule has 6 heteroatoms. The van der Waals surface area contributed by atoms with Gasteiger partial charge < -0.3 is 24.3 Å². The molecule has 0 radical (unpaired) electrons. The van der Waals surface area contributed by atoms with Gasteiger partial charge in [-0.1, -0.05) is 0 Å². The number of piperidine rings is 1. The van der Waals surface area contributed by atoms with Crippen LogP contribution in [-0.2, 0) is 23.7 Å². The van der Waals surface area contributed by atoms with E-state index < -0.39 is 0 Å². The normalized spacial score (nSPS) is 16.2. The molecular weight excluding hydrogens is 262 g/mol. The Kier molecular flexibility index (Phi) is 10.5. The monoisotopic (exact) mass is 289 g/mol. The lowest BCUT2D eigenvalue weighted by Gasteiger charge is -2.22. The van der Waals surface area contributed by atoms with Gasteiger partial charge in [0, 0.05) is 20.1 Å². The maximum atomic E-state index is 11.4. The fourth-order valence-electron chi connectivity index (χ4n) is 1.93. The largest absolute Gasteiger partial charge is 0.466 e. The first kappa shape index (κ1) is 17.4. The number of hydrogen-bond acceptors (Lipinski definition) is 6. The van der Waals surface area contributed by atoms with Gasteiger partial charge >= 0.3 is 5.97 Å². The quantitative estimate of drug-likeness (QED) is 0.447. The van der Waals surface area contributed by atoms with Gasteiger partial charge in [0.2, 0.25) is 0 Å². The Bertz CT molecular complexity index is 244. The third-order valence-corrected chi connectivity index (χ3v) is 3.07. The summed E-state index contributed by atoms with van der Waals surface area (Å²) < 4.78 is 20.9. The maximum absolute atomic E-state index is 11.4. The standard InChI is InChI=1S/C14H27NO5/c1-17-11-12-18-8-2-9-20-14(16)5-10-19-13-3-6-15-7-4-13/h13,15H,2-12H2,1H3. The van der Waals surface area contributed by atoms with Crippen molar-refractivity contribution in [3.63, 3.8) is 0 Å². The van der Waals surface area contributed by atoms with E-state index in [4.69, 9.17) is 18.9 Å². The summed E-state index contributed by atoms with van der Waals surface area (Å²) in [6.45, 7) is 4.61. The molecule has 0 bridgehead atoms. The molecule has 1 fully saturated rings. The van der Waals surface area contributed by atoms with Crippen molar-refractivity contribution in [2.45, 2.75) is 31.8 Å². The van der Waals surface area contributed by atoms with Gasteiger partial charge in [0.15, 0.2) is 0 Å².